The fourth-order valence-corrected chi connectivity index (χ4v) is 3.14. The zero-order valence-corrected chi connectivity index (χ0v) is 13.1. The molecule has 2 unspecified atom stereocenters. The molecule has 3 nitrogen and oxygen atoms in total. The van der Waals surface area contributed by atoms with Crippen molar-refractivity contribution in [1.29, 1.82) is 0 Å². The van der Waals surface area contributed by atoms with Crippen molar-refractivity contribution in [3.63, 3.8) is 0 Å². The quantitative estimate of drug-likeness (QED) is 0.849. The van der Waals surface area contributed by atoms with Crippen LogP contribution in [0, 0.1) is 6.92 Å². The van der Waals surface area contributed by atoms with Crippen LogP contribution in [0.1, 0.15) is 29.3 Å². The first-order valence-electron chi connectivity index (χ1n) is 6.99. The van der Waals surface area contributed by atoms with Gasteiger partial charge in [-0.1, -0.05) is 30.3 Å². The molecule has 2 atom stereocenters. The molecule has 0 radical (unpaired) electrons. The lowest BCUT2D eigenvalue weighted by atomic mass is 10.00. The summed E-state index contributed by atoms with van der Waals surface area (Å²) in [6, 6.07) is 10.6. The highest BCUT2D eigenvalue weighted by Crippen LogP contribution is 2.24. The van der Waals surface area contributed by atoms with Crippen molar-refractivity contribution in [2.75, 3.05) is 13.7 Å². The Kier molecular flexibility index (Phi) is 5.71. The first kappa shape index (κ1) is 15.2. The summed E-state index contributed by atoms with van der Waals surface area (Å²) in [6.45, 7) is 4.77. The number of thiazole rings is 1. The van der Waals surface area contributed by atoms with Gasteiger partial charge >= 0.3 is 0 Å². The molecule has 2 aromatic rings. The van der Waals surface area contributed by atoms with E-state index in [2.05, 4.69) is 39.9 Å². The van der Waals surface area contributed by atoms with Gasteiger partial charge in [0.25, 0.3) is 0 Å². The number of ether oxygens (including phenoxy) is 1. The van der Waals surface area contributed by atoms with Gasteiger partial charge in [-0.05, 0) is 26.5 Å². The van der Waals surface area contributed by atoms with Gasteiger partial charge in [0.05, 0.1) is 11.1 Å². The summed E-state index contributed by atoms with van der Waals surface area (Å²) in [5.74, 6) is 0. The van der Waals surface area contributed by atoms with Crippen LogP contribution in [0.25, 0.3) is 0 Å². The Bertz CT molecular complexity index is 512. The van der Waals surface area contributed by atoms with Crippen LogP contribution in [0.3, 0.4) is 0 Å². The Morgan fingerprint density at radius 1 is 1.30 bits per heavy atom. The molecule has 1 aromatic heterocycles. The van der Waals surface area contributed by atoms with E-state index < -0.39 is 0 Å². The molecule has 1 heterocycles. The van der Waals surface area contributed by atoms with Crippen molar-refractivity contribution in [2.45, 2.75) is 32.4 Å². The number of likely N-dealkylation sites (N-methyl/N-ethyl adjacent to an activating group) is 1. The molecule has 0 saturated heterocycles. The topological polar surface area (TPSA) is 34.1 Å². The van der Waals surface area contributed by atoms with Gasteiger partial charge in [-0.3, -0.25) is 0 Å². The van der Waals surface area contributed by atoms with Crippen molar-refractivity contribution in [3.05, 3.63) is 52.0 Å². The fraction of sp³-hybridized carbons (Fsp3) is 0.438. The Labute approximate surface area is 125 Å². The molecule has 2 rings (SSSR count). The summed E-state index contributed by atoms with van der Waals surface area (Å²) >= 11 is 1.72. The molecule has 0 spiro atoms. The molecule has 0 saturated carbocycles. The van der Waals surface area contributed by atoms with Crippen molar-refractivity contribution < 1.29 is 4.74 Å². The van der Waals surface area contributed by atoms with E-state index in [0.717, 1.165) is 17.1 Å². The lowest BCUT2D eigenvalue weighted by molar-refractivity contribution is 0.0352. The monoisotopic (exact) mass is 290 g/mol. The molecule has 0 amide bonds. The molecule has 1 N–H and O–H groups in total. The van der Waals surface area contributed by atoms with Gasteiger partial charge in [0, 0.05) is 30.1 Å². The van der Waals surface area contributed by atoms with Crippen molar-refractivity contribution in [1.82, 2.24) is 10.3 Å². The van der Waals surface area contributed by atoms with E-state index in [9.17, 15) is 0 Å². The summed E-state index contributed by atoms with van der Waals surface area (Å²) in [5, 5.41) is 6.64. The van der Waals surface area contributed by atoms with Crippen LogP contribution < -0.4 is 5.32 Å². The minimum atomic E-state index is 0.0513. The smallest absolute Gasteiger partial charge is 0.0981 e. The van der Waals surface area contributed by atoms with Crippen LogP contribution in [-0.4, -0.2) is 24.7 Å². The number of aryl methyl sites for hydroxylation is 1. The van der Waals surface area contributed by atoms with Gasteiger partial charge < -0.3 is 10.1 Å². The normalized spacial score (nSPS) is 14.2. The zero-order chi connectivity index (χ0) is 14.4. The Balaban J connectivity index is 2.17. The van der Waals surface area contributed by atoms with Gasteiger partial charge in [-0.25, -0.2) is 4.98 Å². The lowest BCUT2D eigenvalue weighted by Crippen LogP contribution is -2.35. The van der Waals surface area contributed by atoms with Gasteiger partial charge in [0.1, 0.15) is 0 Å². The minimum absolute atomic E-state index is 0.0513. The van der Waals surface area contributed by atoms with Crippen LogP contribution in [0.5, 0.6) is 0 Å². The molecule has 4 heteroatoms. The number of nitrogens with one attached hydrogen (secondary N) is 1. The first-order chi connectivity index (χ1) is 9.74. The molecule has 108 valence electrons. The van der Waals surface area contributed by atoms with E-state index >= 15 is 0 Å². The molecule has 0 fully saturated rings. The van der Waals surface area contributed by atoms with E-state index in [1.165, 1.54) is 5.56 Å². The van der Waals surface area contributed by atoms with Crippen molar-refractivity contribution in [2.24, 2.45) is 0 Å². The van der Waals surface area contributed by atoms with Gasteiger partial charge in [0.2, 0.25) is 0 Å². The Morgan fingerprint density at radius 2 is 2.05 bits per heavy atom. The highest BCUT2D eigenvalue weighted by Gasteiger charge is 2.23. The zero-order valence-electron chi connectivity index (χ0n) is 12.3. The average Bonchev–Trinajstić information content (AvgIpc) is 2.89. The van der Waals surface area contributed by atoms with Crippen LogP contribution in [0.4, 0.5) is 0 Å². The minimum Gasteiger partial charge on any atom is -0.372 e. The second kappa shape index (κ2) is 7.53. The third-order valence-electron chi connectivity index (χ3n) is 3.27. The summed E-state index contributed by atoms with van der Waals surface area (Å²) < 4.78 is 5.97. The molecule has 0 aliphatic rings. The predicted molar refractivity (Wildman–Crippen MR) is 84.2 cm³/mol. The second-order valence-electron chi connectivity index (χ2n) is 4.77. The van der Waals surface area contributed by atoms with Crippen LogP contribution in [0.15, 0.2) is 35.7 Å². The molecule has 0 aliphatic carbocycles. The van der Waals surface area contributed by atoms with E-state index in [1.54, 1.807) is 11.3 Å². The largest absolute Gasteiger partial charge is 0.372 e. The summed E-state index contributed by atoms with van der Waals surface area (Å²) in [7, 11) is 1.99. The van der Waals surface area contributed by atoms with Crippen LogP contribution >= 0.6 is 11.3 Å². The number of nitrogens with zero attached hydrogens (tertiary/aromatic N) is 1. The number of hydrogen-bond acceptors (Lipinski definition) is 4. The third kappa shape index (κ3) is 3.88. The number of aromatic nitrogens is 1. The average molecular weight is 290 g/mol. The third-order valence-corrected chi connectivity index (χ3v) is 4.26. The maximum atomic E-state index is 5.97. The number of rotatable bonds is 7. The summed E-state index contributed by atoms with van der Waals surface area (Å²) in [5.41, 5.74) is 2.30. The van der Waals surface area contributed by atoms with Crippen LogP contribution in [0.2, 0.25) is 0 Å². The molecular weight excluding hydrogens is 268 g/mol. The lowest BCUT2D eigenvalue weighted by Gasteiger charge is -2.26. The van der Waals surface area contributed by atoms with Gasteiger partial charge in [-0.2, -0.15) is 0 Å². The molecular formula is C16H22N2OS. The summed E-state index contributed by atoms with van der Waals surface area (Å²) in [4.78, 5) is 4.56. The highest BCUT2D eigenvalue weighted by atomic mass is 32.1. The fourth-order valence-electron chi connectivity index (χ4n) is 2.31. The van der Waals surface area contributed by atoms with E-state index in [1.807, 2.05) is 27.0 Å². The molecule has 20 heavy (non-hydrogen) atoms. The van der Waals surface area contributed by atoms with E-state index in [-0.39, 0.29) is 12.1 Å². The highest BCUT2D eigenvalue weighted by molar-refractivity contribution is 7.09. The Morgan fingerprint density at radius 3 is 2.60 bits per heavy atom. The molecule has 1 aromatic carbocycles. The first-order valence-corrected chi connectivity index (χ1v) is 7.87. The second-order valence-corrected chi connectivity index (χ2v) is 5.71. The summed E-state index contributed by atoms with van der Waals surface area (Å²) in [6.07, 6.45) is 0.935. The van der Waals surface area contributed by atoms with Crippen molar-refractivity contribution >= 4 is 11.3 Å². The maximum Gasteiger partial charge on any atom is 0.0981 e. The van der Waals surface area contributed by atoms with Gasteiger partial charge in [0.15, 0.2) is 0 Å². The standard InChI is InChI=1S/C16H22N2OS/c1-4-19-16(13-8-6-5-7-9-13)14(17-3)10-15-18-12(2)11-20-15/h5-9,11,14,16-17H,4,10H2,1-3H3. The van der Waals surface area contributed by atoms with Crippen LogP contribution in [-0.2, 0) is 11.2 Å². The Hall–Kier alpha value is -1.23. The SMILES string of the molecule is CCOC(c1ccccc1)C(Cc1nc(C)cs1)NC. The predicted octanol–water partition coefficient (Wildman–Crippen LogP) is 3.36. The van der Waals surface area contributed by atoms with Crippen molar-refractivity contribution in [3.8, 4) is 0 Å². The van der Waals surface area contributed by atoms with E-state index in [4.69, 9.17) is 4.74 Å². The van der Waals surface area contributed by atoms with Gasteiger partial charge in [-0.15, -0.1) is 11.3 Å². The number of benzene rings is 1. The molecule has 0 aliphatic heterocycles. The molecule has 0 bridgehead atoms. The maximum absolute atomic E-state index is 5.97. The van der Waals surface area contributed by atoms with E-state index in [0.29, 0.717) is 6.61 Å². The number of hydrogen-bond donors (Lipinski definition) is 1.